The maximum absolute atomic E-state index is 13.4. The van der Waals surface area contributed by atoms with Crippen molar-refractivity contribution in [2.75, 3.05) is 17.2 Å². The van der Waals surface area contributed by atoms with Gasteiger partial charge in [0, 0.05) is 27.4 Å². The summed E-state index contributed by atoms with van der Waals surface area (Å²) in [6.45, 7) is 2.70. The molecule has 0 aromatic heterocycles. The van der Waals surface area contributed by atoms with E-state index in [4.69, 9.17) is 4.74 Å². The van der Waals surface area contributed by atoms with Crippen molar-refractivity contribution in [3.63, 3.8) is 0 Å². The van der Waals surface area contributed by atoms with E-state index in [1.807, 2.05) is 61.5 Å². The van der Waals surface area contributed by atoms with Crippen molar-refractivity contribution in [1.29, 1.82) is 0 Å². The van der Waals surface area contributed by atoms with Crippen LogP contribution in [0.25, 0.3) is 6.08 Å². The van der Waals surface area contributed by atoms with Gasteiger partial charge in [-0.05, 0) is 60.0 Å². The Balaban J connectivity index is 1.51. The first kappa shape index (κ1) is 28.5. The van der Waals surface area contributed by atoms with Gasteiger partial charge in [0.05, 0.1) is 18.7 Å². The molecule has 0 atom stereocenters. The summed E-state index contributed by atoms with van der Waals surface area (Å²) < 4.78 is 6.42. The van der Waals surface area contributed by atoms with Crippen LogP contribution in [-0.2, 0) is 16.0 Å². The molecule has 0 heterocycles. The van der Waals surface area contributed by atoms with Crippen LogP contribution >= 0.6 is 15.9 Å². The van der Waals surface area contributed by atoms with E-state index in [-0.39, 0.29) is 29.6 Å². The number of ketones is 1. The predicted molar refractivity (Wildman–Crippen MR) is 163 cm³/mol. The molecule has 2 amide bonds. The smallest absolute Gasteiger partial charge is 0.248 e. The van der Waals surface area contributed by atoms with Crippen LogP contribution in [0, 0.1) is 0 Å². The lowest BCUT2D eigenvalue weighted by Crippen LogP contribution is -2.18. The van der Waals surface area contributed by atoms with Crippen molar-refractivity contribution < 1.29 is 19.1 Å². The Morgan fingerprint density at radius 3 is 2.30 bits per heavy atom. The molecule has 0 spiro atoms. The minimum Gasteiger partial charge on any atom is -0.494 e. The Kier molecular flexibility index (Phi) is 10.0. The first-order valence-corrected chi connectivity index (χ1v) is 13.7. The molecular weight excluding hydrogens is 568 g/mol. The Bertz CT molecular complexity index is 1520. The molecule has 2 N–H and O–H groups in total. The highest BCUT2D eigenvalue weighted by Crippen LogP contribution is 2.25. The summed E-state index contributed by atoms with van der Waals surface area (Å²) in [5.41, 5.74) is 3.22. The summed E-state index contributed by atoms with van der Waals surface area (Å²) in [6, 6.07) is 28.6. The second-order valence-corrected chi connectivity index (χ2v) is 9.87. The molecule has 7 heteroatoms. The molecule has 4 aromatic carbocycles. The molecule has 0 bridgehead atoms. The first-order chi connectivity index (χ1) is 19.4. The number of halogens is 1. The van der Waals surface area contributed by atoms with Crippen molar-refractivity contribution in [2.24, 2.45) is 0 Å². The largest absolute Gasteiger partial charge is 0.494 e. The van der Waals surface area contributed by atoms with E-state index in [2.05, 4.69) is 26.6 Å². The molecule has 40 heavy (non-hydrogen) atoms. The third-order valence-electron chi connectivity index (χ3n) is 5.93. The molecule has 0 unspecified atom stereocenters. The second-order valence-electron chi connectivity index (χ2n) is 9.01. The number of ether oxygens (including phenoxy) is 1. The molecule has 6 nitrogen and oxygen atoms in total. The van der Waals surface area contributed by atoms with E-state index < -0.39 is 0 Å². The Hall–Kier alpha value is -4.49. The predicted octanol–water partition coefficient (Wildman–Crippen LogP) is 7.30. The highest BCUT2D eigenvalue weighted by molar-refractivity contribution is 9.10. The molecule has 4 rings (SSSR count). The van der Waals surface area contributed by atoms with Crippen molar-refractivity contribution in [3.8, 4) is 5.75 Å². The van der Waals surface area contributed by atoms with Crippen LogP contribution in [0.15, 0.2) is 108 Å². The van der Waals surface area contributed by atoms with E-state index >= 15 is 0 Å². The lowest BCUT2D eigenvalue weighted by atomic mass is 10.0. The fourth-order valence-electron chi connectivity index (χ4n) is 3.92. The summed E-state index contributed by atoms with van der Waals surface area (Å²) in [7, 11) is 0. The highest BCUT2D eigenvalue weighted by atomic mass is 79.9. The third kappa shape index (κ3) is 8.01. The minimum absolute atomic E-state index is 0.134. The van der Waals surface area contributed by atoms with Gasteiger partial charge in [-0.1, -0.05) is 83.5 Å². The van der Waals surface area contributed by atoms with Crippen LogP contribution in [0.2, 0.25) is 0 Å². The monoisotopic (exact) mass is 596 g/mol. The molecule has 202 valence electrons. The number of carbonyl (C=O) groups is 3. The average Bonchev–Trinajstić information content (AvgIpc) is 2.97. The molecule has 0 aliphatic rings. The van der Waals surface area contributed by atoms with Gasteiger partial charge >= 0.3 is 0 Å². The number of anilines is 2. The van der Waals surface area contributed by atoms with E-state index in [1.54, 1.807) is 48.5 Å². The molecule has 4 aromatic rings. The molecule has 0 aliphatic heterocycles. The quantitative estimate of drug-likeness (QED) is 0.140. The number of carbonyl (C=O) groups excluding carboxylic acids is 3. The van der Waals surface area contributed by atoms with Crippen LogP contribution in [-0.4, -0.2) is 24.2 Å². The van der Waals surface area contributed by atoms with Gasteiger partial charge in [-0.3, -0.25) is 14.4 Å². The van der Waals surface area contributed by atoms with Gasteiger partial charge in [0.1, 0.15) is 5.75 Å². The van der Waals surface area contributed by atoms with Gasteiger partial charge in [0.15, 0.2) is 5.78 Å². The zero-order valence-corrected chi connectivity index (χ0v) is 23.6. The summed E-state index contributed by atoms with van der Waals surface area (Å²) in [5.74, 6) is -0.105. The standard InChI is InChI=1S/C33H29BrN2O4/c1-2-20-40-27-16-12-23(13-17-27)14-19-31(37)35-26-15-18-30(28(22-26)33(39)24-8-4-3-5-9-24)36-32(38)21-25-10-6-7-11-29(25)34/h3-19,22H,2,20-21H2,1H3,(H,35,37)(H,36,38)/b19-14+. The molecule has 0 saturated heterocycles. The number of amides is 2. The van der Waals surface area contributed by atoms with Crippen LogP contribution in [0.1, 0.15) is 40.4 Å². The number of rotatable bonds is 11. The van der Waals surface area contributed by atoms with Gasteiger partial charge in [0.2, 0.25) is 11.8 Å². The van der Waals surface area contributed by atoms with Crippen molar-refractivity contribution in [1.82, 2.24) is 0 Å². The van der Waals surface area contributed by atoms with E-state index in [0.717, 1.165) is 27.8 Å². The average molecular weight is 598 g/mol. The number of hydrogen-bond donors (Lipinski definition) is 2. The van der Waals surface area contributed by atoms with Crippen molar-refractivity contribution >= 4 is 51.0 Å². The fraction of sp³-hybridized carbons (Fsp3) is 0.121. The first-order valence-electron chi connectivity index (χ1n) is 12.9. The van der Waals surface area contributed by atoms with E-state index in [9.17, 15) is 14.4 Å². The van der Waals surface area contributed by atoms with E-state index in [0.29, 0.717) is 23.5 Å². The van der Waals surface area contributed by atoms with Crippen LogP contribution < -0.4 is 15.4 Å². The van der Waals surface area contributed by atoms with Crippen LogP contribution in [0.4, 0.5) is 11.4 Å². The van der Waals surface area contributed by atoms with E-state index in [1.165, 1.54) is 6.08 Å². The minimum atomic E-state index is -0.352. The number of hydrogen-bond acceptors (Lipinski definition) is 4. The molecule has 0 fully saturated rings. The van der Waals surface area contributed by atoms with Crippen molar-refractivity contribution in [3.05, 3.63) is 130 Å². The van der Waals surface area contributed by atoms with Crippen LogP contribution in [0.3, 0.4) is 0 Å². The highest BCUT2D eigenvalue weighted by Gasteiger charge is 2.17. The zero-order chi connectivity index (χ0) is 28.3. The second kappa shape index (κ2) is 14.1. The van der Waals surface area contributed by atoms with Gasteiger partial charge in [-0.2, -0.15) is 0 Å². The zero-order valence-electron chi connectivity index (χ0n) is 22.0. The molecule has 0 aliphatic carbocycles. The molecule has 0 saturated carbocycles. The Morgan fingerprint density at radius 1 is 0.850 bits per heavy atom. The number of nitrogens with one attached hydrogen (secondary N) is 2. The summed E-state index contributed by atoms with van der Waals surface area (Å²) in [6.07, 6.45) is 4.19. The molecular formula is C33H29BrN2O4. The normalized spacial score (nSPS) is 10.8. The Morgan fingerprint density at radius 2 is 1.57 bits per heavy atom. The van der Waals surface area contributed by atoms with Crippen LogP contribution in [0.5, 0.6) is 5.75 Å². The summed E-state index contributed by atoms with van der Waals surface area (Å²) in [5, 5.41) is 5.67. The SMILES string of the molecule is CCCOc1ccc(/C=C/C(=O)Nc2ccc(NC(=O)Cc3ccccc3Br)c(C(=O)c3ccccc3)c2)cc1. The maximum atomic E-state index is 13.4. The van der Waals surface area contributed by atoms with Gasteiger partial charge in [0.25, 0.3) is 0 Å². The van der Waals surface area contributed by atoms with Gasteiger partial charge in [-0.25, -0.2) is 0 Å². The third-order valence-corrected chi connectivity index (χ3v) is 6.70. The lowest BCUT2D eigenvalue weighted by molar-refractivity contribution is -0.115. The molecule has 0 radical (unpaired) electrons. The summed E-state index contributed by atoms with van der Waals surface area (Å²) >= 11 is 3.47. The topological polar surface area (TPSA) is 84.5 Å². The van der Waals surface area contributed by atoms with Gasteiger partial charge in [-0.15, -0.1) is 0 Å². The Labute approximate surface area is 242 Å². The lowest BCUT2D eigenvalue weighted by Gasteiger charge is -2.13. The summed E-state index contributed by atoms with van der Waals surface area (Å²) in [4.78, 5) is 38.9. The van der Waals surface area contributed by atoms with Crippen molar-refractivity contribution in [2.45, 2.75) is 19.8 Å². The van der Waals surface area contributed by atoms with Gasteiger partial charge < -0.3 is 15.4 Å². The fourth-order valence-corrected chi connectivity index (χ4v) is 4.35. The maximum Gasteiger partial charge on any atom is 0.248 e. The number of benzene rings is 4.